The third kappa shape index (κ3) is 4.56. The SMILES string of the molecule is CCCc1nc2ccc(Br)cc2c(=O)n1N=Cc1cccc([N+](=O)[O-])c1OC(C)C. The molecular formula is C21H21BrN4O4. The summed E-state index contributed by atoms with van der Waals surface area (Å²) < 4.78 is 7.69. The monoisotopic (exact) mass is 472 g/mol. The number of aryl methyl sites for hydroxylation is 1. The van der Waals surface area contributed by atoms with Crippen LogP contribution in [0.1, 0.15) is 38.6 Å². The number of rotatable bonds is 7. The third-order valence-electron chi connectivity index (χ3n) is 4.24. The molecular weight excluding hydrogens is 452 g/mol. The molecule has 0 aliphatic carbocycles. The van der Waals surface area contributed by atoms with Crippen molar-refractivity contribution < 1.29 is 9.66 Å². The average molecular weight is 473 g/mol. The molecule has 0 amide bonds. The molecule has 30 heavy (non-hydrogen) atoms. The maximum absolute atomic E-state index is 13.1. The zero-order valence-corrected chi connectivity index (χ0v) is 18.4. The molecule has 0 bridgehead atoms. The van der Waals surface area contributed by atoms with Gasteiger partial charge in [-0.1, -0.05) is 28.9 Å². The van der Waals surface area contributed by atoms with E-state index < -0.39 is 4.92 Å². The van der Waals surface area contributed by atoms with Crippen molar-refractivity contribution in [2.24, 2.45) is 5.10 Å². The number of nitro groups is 1. The van der Waals surface area contributed by atoms with E-state index in [1.165, 1.54) is 17.0 Å². The Morgan fingerprint density at radius 1 is 1.33 bits per heavy atom. The predicted molar refractivity (Wildman–Crippen MR) is 120 cm³/mol. The smallest absolute Gasteiger partial charge is 0.311 e. The minimum atomic E-state index is -0.501. The lowest BCUT2D eigenvalue weighted by Gasteiger charge is -2.12. The number of nitrogens with zero attached hydrogens (tertiary/aromatic N) is 4. The fourth-order valence-corrected chi connectivity index (χ4v) is 3.33. The first-order valence-corrected chi connectivity index (χ1v) is 10.3. The molecule has 0 saturated heterocycles. The molecule has 0 radical (unpaired) electrons. The van der Waals surface area contributed by atoms with Gasteiger partial charge in [0.25, 0.3) is 5.56 Å². The molecule has 3 aromatic rings. The van der Waals surface area contributed by atoms with Gasteiger partial charge >= 0.3 is 5.69 Å². The maximum Gasteiger partial charge on any atom is 0.311 e. The first-order chi connectivity index (χ1) is 14.3. The Morgan fingerprint density at radius 3 is 2.77 bits per heavy atom. The molecule has 8 nitrogen and oxygen atoms in total. The molecule has 0 aliphatic rings. The van der Waals surface area contributed by atoms with Crippen molar-refractivity contribution in [1.82, 2.24) is 9.66 Å². The summed E-state index contributed by atoms with van der Waals surface area (Å²) in [6, 6.07) is 9.90. The van der Waals surface area contributed by atoms with E-state index in [1.807, 2.05) is 13.0 Å². The van der Waals surface area contributed by atoms with Gasteiger partial charge in [0.05, 0.1) is 28.1 Å². The summed E-state index contributed by atoms with van der Waals surface area (Å²) in [5.74, 6) is 0.633. The van der Waals surface area contributed by atoms with E-state index in [0.29, 0.717) is 28.7 Å². The number of benzene rings is 2. The fourth-order valence-electron chi connectivity index (χ4n) is 2.97. The number of halogens is 1. The van der Waals surface area contributed by atoms with Crippen LogP contribution in [0, 0.1) is 10.1 Å². The Bertz CT molecular complexity index is 1190. The molecule has 156 valence electrons. The zero-order valence-electron chi connectivity index (χ0n) is 16.8. The first kappa shape index (κ1) is 21.6. The van der Waals surface area contributed by atoms with E-state index in [0.717, 1.165) is 10.9 Å². The Morgan fingerprint density at radius 2 is 2.10 bits per heavy atom. The van der Waals surface area contributed by atoms with Gasteiger partial charge in [0, 0.05) is 22.5 Å². The van der Waals surface area contributed by atoms with Crippen LogP contribution in [0.2, 0.25) is 0 Å². The van der Waals surface area contributed by atoms with Gasteiger partial charge in [-0.05, 0) is 44.5 Å². The second-order valence-electron chi connectivity index (χ2n) is 6.92. The van der Waals surface area contributed by atoms with Crippen molar-refractivity contribution in [2.75, 3.05) is 0 Å². The minimum absolute atomic E-state index is 0.114. The van der Waals surface area contributed by atoms with Gasteiger partial charge in [-0.25, -0.2) is 4.98 Å². The van der Waals surface area contributed by atoms with E-state index in [2.05, 4.69) is 26.0 Å². The number of fused-ring (bicyclic) bond motifs is 1. The lowest BCUT2D eigenvalue weighted by atomic mass is 10.2. The molecule has 1 aromatic heterocycles. The number of aromatic nitrogens is 2. The van der Waals surface area contributed by atoms with Crippen LogP contribution in [0.5, 0.6) is 5.75 Å². The van der Waals surface area contributed by atoms with Gasteiger partial charge in [-0.3, -0.25) is 14.9 Å². The third-order valence-corrected chi connectivity index (χ3v) is 4.73. The van der Waals surface area contributed by atoms with Crippen molar-refractivity contribution in [2.45, 2.75) is 39.7 Å². The molecule has 0 fully saturated rings. The van der Waals surface area contributed by atoms with Crippen LogP contribution in [-0.2, 0) is 6.42 Å². The summed E-state index contributed by atoms with van der Waals surface area (Å²) >= 11 is 3.38. The van der Waals surface area contributed by atoms with Crippen LogP contribution in [0.15, 0.2) is 50.8 Å². The summed E-state index contributed by atoms with van der Waals surface area (Å²) in [5, 5.41) is 16.2. The Labute approximate surface area is 181 Å². The minimum Gasteiger partial charge on any atom is -0.484 e. The molecule has 0 saturated carbocycles. The topological polar surface area (TPSA) is 99.6 Å². The molecule has 1 heterocycles. The number of ether oxygens (including phenoxy) is 1. The highest BCUT2D eigenvalue weighted by molar-refractivity contribution is 9.10. The Balaban J connectivity index is 2.17. The second-order valence-corrected chi connectivity index (χ2v) is 7.84. The van der Waals surface area contributed by atoms with Crippen LogP contribution >= 0.6 is 15.9 Å². The van der Waals surface area contributed by atoms with E-state index in [4.69, 9.17) is 4.74 Å². The van der Waals surface area contributed by atoms with Crippen molar-refractivity contribution in [3.63, 3.8) is 0 Å². The maximum atomic E-state index is 13.1. The van der Waals surface area contributed by atoms with Crippen molar-refractivity contribution in [1.29, 1.82) is 0 Å². The standard InChI is InChI=1S/C21H21BrN4O4/c1-4-6-19-24-17-10-9-15(22)11-16(17)21(27)25(19)23-12-14-7-5-8-18(26(28)29)20(14)30-13(2)3/h5,7-13H,4,6H2,1-3H3. The highest BCUT2D eigenvalue weighted by Gasteiger charge is 2.19. The van der Waals surface area contributed by atoms with Crippen LogP contribution in [0.3, 0.4) is 0 Å². The fraction of sp³-hybridized carbons (Fsp3) is 0.286. The van der Waals surface area contributed by atoms with Gasteiger partial charge in [0.15, 0.2) is 0 Å². The number of hydrogen-bond acceptors (Lipinski definition) is 6. The number of hydrogen-bond donors (Lipinski definition) is 0. The Kier molecular flexibility index (Phi) is 6.61. The summed E-state index contributed by atoms with van der Waals surface area (Å²) in [6.45, 7) is 5.56. The molecule has 0 aliphatic heterocycles. The molecule has 9 heteroatoms. The van der Waals surface area contributed by atoms with E-state index >= 15 is 0 Å². The number of para-hydroxylation sites is 1. The Hall–Kier alpha value is -3.07. The molecule has 0 N–H and O–H groups in total. The van der Waals surface area contributed by atoms with Gasteiger partial charge in [0.2, 0.25) is 5.75 Å². The van der Waals surface area contributed by atoms with Crippen molar-refractivity contribution in [3.8, 4) is 5.75 Å². The van der Waals surface area contributed by atoms with Crippen LogP contribution < -0.4 is 10.3 Å². The lowest BCUT2D eigenvalue weighted by molar-refractivity contribution is -0.386. The quantitative estimate of drug-likeness (QED) is 0.282. The van der Waals surface area contributed by atoms with Gasteiger partial charge in [-0.2, -0.15) is 9.78 Å². The number of nitro benzene ring substituents is 1. The van der Waals surface area contributed by atoms with E-state index in [-0.39, 0.29) is 23.1 Å². The summed E-state index contributed by atoms with van der Waals surface area (Å²) in [7, 11) is 0. The normalized spacial score (nSPS) is 11.5. The molecule has 0 spiro atoms. The predicted octanol–water partition coefficient (Wildman–Crippen LogP) is 4.69. The summed E-state index contributed by atoms with van der Waals surface area (Å²) in [4.78, 5) is 28.6. The largest absolute Gasteiger partial charge is 0.484 e. The first-order valence-electron chi connectivity index (χ1n) is 9.51. The van der Waals surface area contributed by atoms with Crippen LogP contribution in [0.4, 0.5) is 5.69 Å². The summed E-state index contributed by atoms with van der Waals surface area (Å²) in [6.07, 6.45) is 2.47. The second kappa shape index (κ2) is 9.17. The highest BCUT2D eigenvalue weighted by Crippen LogP contribution is 2.31. The zero-order chi connectivity index (χ0) is 21.8. The van der Waals surface area contributed by atoms with Crippen molar-refractivity contribution >= 4 is 38.7 Å². The lowest BCUT2D eigenvalue weighted by Crippen LogP contribution is -2.22. The highest BCUT2D eigenvalue weighted by atomic mass is 79.9. The summed E-state index contributed by atoms with van der Waals surface area (Å²) in [5.41, 5.74) is 0.533. The average Bonchev–Trinajstić information content (AvgIpc) is 2.69. The molecule has 3 rings (SSSR count). The van der Waals surface area contributed by atoms with Crippen LogP contribution in [-0.4, -0.2) is 26.9 Å². The van der Waals surface area contributed by atoms with Gasteiger partial charge < -0.3 is 4.74 Å². The molecule has 0 atom stereocenters. The molecule has 0 unspecified atom stereocenters. The van der Waals surface area contributed by atoms with Gasteiger partial charge in [-0.15, -0.1) is 0 Å². The van der Waals surface area contributed by atoms with Gasteiger partial charge in [0.1, 0.15) is 5.82 Å². The van der Waals surface area contributed by atoms with E-state index in [9.17, 15) is 14.9 Å². The van der Waals surface area contributed by atoms with Crippen molar-refractivity contribution in [3.05, 3.63) is 72.7 Å². The van der Waals surface area contributed by atoms with Crippen LogP contribution in [0.25, 0.3) is 10.9 Å². The molecule has 2 aromatic carbocycles. The van der Waals surface area contributed by atoms with E-state index in [1.54, 1.807) is 38.1 Å².